The highest BCUT2D eigenvalue weighted by atomic mass is 19.1. The van der Waals surface area contributed by atoms with E-state index in [4.69, 9.17) is 47.4 Å². The predicted molar refractivity (Wildman–Crippen MR) is 522 cm³/mol. The second-order valence-electron chi connectivity index (χ2n) is 30.0. The summed E-state index contributed by atoms with van der Waals surface area (Å²) in [7, 11) is 7.69. The molecule has 2 aliphatic heterocycles. The van der Waals surface area contributed by atoms with E-state index in [0.717, 1.165) is 74.7 Å². The van der Waals surface area contributed by atoms with Crippen molar-refractivity contribution in [3.8, 4) is 81.1 Å². The van der Waals surface area contributed by atoms with Crippen LogP contribution < -0.4 is 89.9 Å². The highest BCUT2D eigenvalue weighted by Gasteiger charge is 2.25. The lowest BCUT2D eigenvalue weighted by molar-refractivity contribution is -0.128. The molecule has 141 heavy (non-hydrogen) atoms. The quantitative estimate of drug-likeness (QED) is 0.0131. The molecule has 40 heteroatoms. The molecule has 8 N–H and O–H groups in total. The monoisotopic (exact) mass is 1920 g/mol. The number of aromatic nitrogens is 9. The number of benzene rings is 8. The van der Waals surface area contributed by atoms with Gasteiger partial charge in [-0.05, 0) is 140 Å². The fourth-order valence-corrected chi connectivity index (χ4v) is 13.1. The van der Waals surface area contributed by atoms with Crippen molar-refractivity contribution in [2.45, 2.75) is 38.6 Å². The second-order valence-corrected chi connectivity index (χ2v) is 30.0. The smallest absolute Gasteiger partial charge is 0.262 e. The van der Waals surface area contributed by atoms with E-state index in [9.17, 15) is 46.7 Å². The normalized spacial score (nSPS) is 11.5. The van der Waals surface area contributed by atoms with Crippen LogP contribution in [-0.2, 0) is 35.3 Å². The van der Waals surface area contributed by atoms with Crippen LogP contribution in [0.1, 0.15) is 48.0 Å². The number of hydrogen-bond acceptors (Lipinski definition) is 30. The lowest BCUT2D eigenvalue weighted by Crippen LogP contribution is -2.29. The summed E-state index contributed by atoms with van der Waals surface area (Å²) < 4.78 is 98.3. The molecule has 37 nitrogen and oxygen atoms in total. The SMILES string of the molecule is C=CC(=O)N(C)Cc1ccc(Oc2nc(Nc3cccc(OCCN4CCCC4=O)c3)ncc2F)cc1.C=CC(=O)Nc1cccc(Oc2nc(Nc3cc(OC)c(OC)c(OC)c3)ncc2F)c1.C=CC(=O)Nc1cccc(Oc2nc(Nc3ccc(OC)nc3)ncc2C(=O)Nc2ccccc2)c1.C=CC(=O)Nc1cccc(Oc2nc(Nc3cccc(OCCCN4CCCC4=O)c3)ncc2F)c1. The average molecular weight is 1920 g/mol. The Balaban J connectivity index is 0.000000168. The molecule has 2 saturated heterocycles. The van der Waals surface area contributed by atoms with Crippen molar-refractivity contribution in [1.82, 2.24) is 59.6 Å². The third-order valence-electron chi connectivity index (χ3n) is 19.9. The molecule has 15 rings (SSSR count). The van der Waals surface area contributed by atoms with E-state index in [2.05, 4.69) is 114 Å². The van der Waals surface area contributed by atoms with E-state index >= 15 is 0 Å². The number of pyridine rings is 1. The topological polar surface area (TPSA) is 434 Å². The summed E-state index contributed by atoms with van der Waals surface area (Å²) >= 11 is 0. The number of amides is 7. The maximum Gasteiger partial charge on any atom is 0.262 e. The maximum atomic E-state index is 14.4. The molecule has 724 valence electrons. The van der Waals surface area contributed by atoms with Gasteiger partial charge in [0.25, 0.3) is 23.5 Å². The second kappa shape index (κ2) is 51.2. The Bertz CT molecular complexity index is 6570. The molecule has 5 aromatic heterocycles. The van der Waals surface area contributed by atoms with Gasteiger partial charge in [-0.3, -0.25) is 33.6 Å². The number of nitrogens with zero attached hydrogens (tertiary/aromatic N) is 12. The molecule has 0 aliphatic carbocycles. The number of nitrogens with one attached hydrogen (secondary N) is 8. The molecular weight excluding hydrogens is 1820 g/mol. The van der Waals surface area contributed by atoms with Gasteiger partial charge in [0.1, 0.15) is 46.7 Å². The summed E-state index contributed by atoms with van der Waals surface area (Å²) in [6.45, 7) is 17.8. The van der Waals surface area contributed by atoms with Crippen LogP contribution in [-0.4, -0.2) is 176 Å². The van der Waals surface area contributed by atoms with Crippen LogP contribution in [0.2, 0.25) is 0 Å². The summed E-state index contributed by atoms with van der Waals surface area (Å²) in [5, 5.41) is 22.7. The molecule has 0 spiro atoms. The fourth-order valence-electron chi connectivity index (χ4n) is 13.1. The van der Waals surface area contributed by atoms with E-state index in [1.54, 1.807) is 170 Å². The zero-order valence-corrected chi connectivity index (χ0v) is 77.0. The number of carbonyl (C=O) groups is 7. The highest BCUT2D eigenvalue weighted by Crippen LogP contribution is 2.41. The molecule has 2 aliphatic rings. The summed E-state index contributed by atoms with van der Waals surface area (Å²) in [6.07, 6.45) is 14.4. The van der Waals surface area contributed by atoms with E-state index in [1.807, 2.05) is 41.3 Å². The Morgan fingerprint density at radius 1 is 0.397 bits per heavy atom. The number of ether oxygens (including phenoxy) is 10. The lowest BCUT2D eigenvalue weighted by Gasteiger charge is -2.16. The largest absolute Gasteiger partial charge is 0.493 e. The first-order chi connectivity index (χ1) is 68.4. The van der Waals surface area contributed by atoms with Gasteiger partial charge in [0, 0.05) is 141 Å². The third kappa shape index (κ3) is 31.0. The number of likely N-dealkylation sites (N-methyl/N-ethyl adjacent to an activating group) is 1. The molecule has 2 fully saturated rings. The van der Waals surface area contributed by atoms with Crippen molar-refractivity contribution >= 4 is 111 Å². The number of carbonyl (C=O) groups excluding carboxylic acids is 7. The summed E-state index contributed by atoms with van der Waals surface area (Å²) in [5.74, 6) is 0.418. The van der Waals surface area contributed by atoms with E-state index in [1.165, 1.54) is 57.7 Å². The lowest BCUT2D eigenvalue weighted by atomic mass is 10.2. The first kappa shape index (κ1) is 101. The van der Waals surface area contributed by atoms with Gasteiger partial charge in [0.2, 0.25) is 94.2 Å². The van der Waals surface area contributed by atoms with Crippen molar-refractivity contribution in [3.05, 3.63) is 310 Å². The number of para-hydroxylation sites is 1. The summed E-state index contributed by atoms with van der Waals surface area (Å²) in [6, 6.07) is 56.6. The minimum absolute atomic E-state index is 0.00889. The number of hydrogen-bond donors (Lipinski definition) is 8. The number of methoxy groups -OCH3 is 4. The Labute approximate surface area is 807 Å². The van der Waals surface area contributed by atoms with Crippen LogP contribution in [0.5, 0.6) is 81.1 Å². The van der Waals surface area contributed by atoms with Gasteiger partial charge in [-0.25, -0.2) is 24.9 Å². The van der Waals surface area contributed by atoms with Gasteiger partial charge < -0.3 is 105 Å². The Morgan fingerprint density at radius 2 is 0.816 bits per heavy atom. The van der Waals surface area contributed by atoms with Gasteiger partial charge in [-0.2, -0.15) is 33.1 Å². The summed E-state index contributed by atoms with van der Waals surface area (Å²) in [4.78, 5) is 125. The number of halogens is 3. The number of anilines is 12. The van der Waals surface area contributed by atoms with Crippen LogP contribution in [0, 0.1) is 17.5 Å². The first-order valence-corrected chi connectivity index (χ1v) is 43.4. The molecular formula is C101H97F3N20O17. The van der Waals surface area contributed by atoms with Crippen LogP contribution in [0.4, 0.5) is 82.5 Å². The molecule has 0 atom stereocenters. The van der Waals surface area contributed by atoms with Crippen molar-refractivity contribution in [2.75, 3.05) is 117 Å². The van der Waals surface area contributed by atoms with Crippen molar-refractivity contribution in [1.29, 1.82) is 0 Å². The summed E-state index contributed by atoms with van der Waals surface area (Å²) in [5.41, 5.74) is 5.43. The van der Waals surface area contributed by atoms with Gasteiger partial charge >= 0.3 is 0 Å². The minimum Gasteiger partial charge on any atom is -0.493 e. The van der Waals surface area contributed by atoms with Crippen molar-refractivity contribution in [2.24, 2.45) is 0 Å². The first-order valence-electron chi connectivity index (χ1n) is 43.4. The third-order valence-corrected chi connectivity index (χ3v) is 19.9. The molecule has 8 aromatic carbocycles. The van der Waals surface area contributed by atoms with Crippen LogP contribution in [0.15, 0.2) is 282 Å². The Morgan fingerprint density at radius 3 is 1.26 bits per heavy atom. The molecule has 7 heterocycles. The molecule has 0 radical (unpaired) electrons. The molecule has 0 unspecified atom stereocenters. The fraction of sp³-hybridized carbons (Fsp3) is 0.168. The zero-order valence-electron chi connectivity index (χ0n) is 77.0. The maximum absolute atomic E-state index is 14.4. The van der Waals surface area contributed by atoms with Crippen LogP contribution >= 0.6 is 0 Å². The molecule has 0 bridgehead atoms. The van der Waals surface area contributed by atoms with Crippen LogP contribution in [0.25, 0.3) is 0 Å². The average Bonchev–Trinajstić information content (AvgIpc) is 1.66. The zero-order chi connectivity index (χ0) is 99.9. The Kier molecular flexibility index (Phi) is 36.9. The Hall–Kier alpha value is -18.5. The van der Waals surface area contributed by atoms with Crippen molar-refractivity contribution in [3.63, 3.8) is 0 Å². The van der Waals surface area contributed by atoms with Crippen LogP contribution in [0.3, 0.4) is 0 Å². The number of likely N-dealkylation sites (tertiary alicyclic amines) is 2. The van der Waals surface area contributed by atoms with Crippen molar-refractivity contribution < 1.29 is 94.1 Å². The molecule has 7 amide bonds. The van der Waals surface area contributed by atoms with E-state index in [0.29, 0.717) is 137 Å². The standard InChI is InChI=1S/C27H28FN5O4.C26H26FN5O4.C26H22N6O4.C22H21FN4O5/c1-3-24(34)32(2)18-19-9-11-21(12-10-19)37-26-23(28)17-29-27(31-26)30-20-6-4-7-22(16-20)36-15-14-33-13-5-8-25(33)35;1-2-23(33)29-18-7-4-10-21(16-18)36-25-22(27)17-28-26(31-25)30-19-8-3-9-20(15-19)35-14-6-13-32-12-5-11-24(32)34;1-3-22(33)29-18-10-7-11-20(14-18)36-25-21(24(34)30-17-8-5-4-6-9-17)16-28-26(32-25)31-19-12-13-23(35-2)27-15-19;1-5-19(28)25-13-7-6-8-15(9-13)32-21-16(23)12-24-22(27-21)26-14-10-17(29-2)20(31-4)18(11-14)30-3/h3-4,6-7,9-12,16-17H,1,5,8,13-15,18H2,2H3,(H,29,30,31);2-4,7-10,15-17H,1,5-6,11-14H2,(H,29,33)(H,28,30,31);3-16H,1H2,2H3,(H,29,33)(H,30,34)(H,28,31,32);5-12H,1H2,2-4H3,(H,25,28)(H,24,26,27). The minimum atomic E-state index is -0.763. The van der Waals surface area contributed by atoms with E-state index < -0.39 is 23.4 Å². The van der Waals surface area contributed by atoms with Gasteiger partial charge in [0.05, 0.1) is 72.1 Å². The molecule has 13 aromatic rings. The highest BCUT2D eigenvalue weighted by molar-refractivity contribution is 6.06. The molecule has 0 saturated carbocycles. The van der Waals surface area contributed by atoms with Gasteiger partial charge in [-0.15, -0.1) is 0 Å². The van der Waals surface area contributed by atoms with Gasteiger partial charge in [0.15, 0.2) is 11.5 Å². The number of rotatable bonds is 40. The van der Waals surface area contributed by atoms with E-state index in [-0.39, 0.29) is 99.8 Å². The predicted octanol–water partition coefficient (Wildman–Crippen LogP) is 18.1. The van der Waals surface area contributed by atoms with Gasteiger partial charge in [-0.1, -0.05) is 87.0 Å².